The van der Waals surface area contributed by atoms with Gasteiger partial charge in [0.2, 0.25) is 21.8 Å². The largest absolute Gasteiger partial charge is 0.497 e. The van der Waals surface area contributed by atoms with E-state index < -0.39 is 10.0 Å². The lowest BCUT2D eigenvalue weighted by atomic mass is 10.2. The number of sulfonamides is 1. The molecule has 25 heavy (non-hydrogen) atoms. The number of aryl methyl sites for hydroxylation is 1. The molecule has 3 rings (SSSR count). The lowest BCUT2D eigenvalue weighted by Crippen LogP contribution is -2.24. The molecule has 0 aliphatic carbocycles. The van der Waals surface area contributed by atoms with Gasteiger partial charge in [-0.1, -0.05) is 18.2 Å². The predicted molar refractivity (Wildman–Crippen MR) is 91.5 cm³/mol. The Morgan fingerprint density at radius 2 is 1.80 bits per heavy atom. The Bertz CT molecular complexity index is 966. The zero-order valence-corrected chi connectivity index (χ0v) is 14.6. The maximum absolute atomic E-state index is 12.4. The summed E-state index contributed by atoms with van der Waals surface area (Å²) in [5.74, 6) is 1.21. The number of methoxy groups -OCH3 is 1. The Labute approximate surface area is 145 Å². The molecule has 0 fully saturated rings. The molecule has 0 spiro atoms. The monoisotopic (exact) mass is 359 g/mol. The van der Waals surface area contributed by atoms with E-state index >= 15 is 0 Å². The van der Waals surface area contributed by atoms with Gasteiger partial charge >= 0.3 is 0 Å². The van der Waals surface area contributed by atoms with Crippen molar-refractivity contribution >= 4 is 10.0 Å². The van der Waals surface area contributed by atoms with E-state index in [2.05, 4.69) is 14.9 Å². The zero-order chi connectivity index (χ0) is 17.9. The number of hydrogen-bond donors (Lipinski definition) is 1. The topological polar surface area (TPSA) is 94.3 Å². The van der Waals surface area contributed by atoms with E-state index in [0.29, 0.717) is 11.5 Å². The van der Waals surface area contributed by atoms with Gasteiger partial charge in [0.15, 0.2) is 0 Å². The van der Waals surface area contributed by atoms with E-state index in [1.165, 1.54) is 0 Å². The molecule has 1 N–H and O–H groups in total. The number of benzene rings is 2. The standard InChI is InChI=1S/C17H17N3O4S/c1-12-5-3-4-6-15(12)25(21,22)18-11-16-19-20-17(24-16)13-7-9-14(23-2)10-8-13/h3-10,18H,11H2,1-2H3. The molecule has 8 heteroatoms. The van der Waals surface area contributed by atoms with Crippen LogP contribution in [0.5, 0.6) is 5.75 Å². The molecule has 2 aromatic carbocycles. The first-order chi connectivity index (χ1) is 12.0. The summed E-state index contributed by atoms with van der Waals surface area (Å²) in [6, 6.07) is 13.9. The fourth-order valence-electron chi connectivity index (χ4n) is 2.27. The minimum absolute atomic E-state index is 0.0835. The van der Waals surface area contributed by atoms with E-state index in [-0.39, 0.29) is 17.3 Å². The first kappa shape index (κ1) is 17.1. The molecule has 0 amide bonds. The van der Waals surface area contributed by atoms with Crippen LogP contribution in [0.15, 0.2) is 57.8 Å². The Morgan fingerprint density at radius 1 is 1.08 bits per heavy atom. The molecule has 0 aliphatic rings. The number of nitrogens with one attached hydrogen (secondary N) is 1. The quantitative estimate of drug-likeness (QED) is 0.727. The molecule has 0 radical (unpaired) electrons. The van der Waals surface area contributed by atoms with Crippen molar-refractivity contribution in [3.63, 3.8) is 0 Å². The minimum atomic E-state index is -3.65. The average Bonchev–Trinajstić information content (AvgIpc) is 3.09. The SMILES string of the molecule is COc1ccc(-c2nnc(CNS(=O)(=O)c3ccccc3C)o2)cc1. The summed E-state index contributed by atoms with van der Waals surface area (Å²) in [7, 11) is -2.06. The highest BCUT2D eigenvalue weighted by Crippen LogP contribution is 2.21. The van der Waals surface area contributed by atoms with E-state index in [4.69, 9.17) is 9.15 Å². The van der Waals surface area contributed by atoms with Crippen LogP contribution < -0.4 is 9.46 Å². The van der Waals surface area contributed by atoms with Crippen LogP contribution in [-0.4, -0.2) is 25.7 Å². The molecule has 0 unspecified atom stereocenters. The predicted octanol–water partition coefficient (Wildman–Crippen LogP) is 2.53. The summed E-state index contributed by atoms with van der Waals surface area (Å²) in [4.78, 5) is 0.227. The van der Waals surface area contributed by atoms with Crippen LogP contribution in [0.25, 0.3) is 11.5 Å². The molecule has 0 saturated heterocycles. The molecule has 0 atom stereocenters. The van der Waals surface area contributed by atoms with E-state index in [9.17, 15) is 8.42 Å². The molecule has 0 aliphatic heterocycles. The van der Waals surface area contributed by atoms with Gasteiger partial charge in [0.05, 0.1) is 18.6 Å². The highest BCUT2D eigenvalue weighted by atomic mass is 32.2. The summed E-state index contributed by atoms with van der Waals surface area (Å²) in [6.45, 7) is 1.66. The van der Waals surface area contributed by atoms with Crippen molar-refractivity contribution in [1.82, 2.24) is 14.9 Å². The third-order valence-electron chi connectivity index (χ3n) is 3.60. The first-order valence-corrected chi connectivity index (χ1v) is 9.00. The van der Waals surface area contributed by atoms with Crippen LogP contribution in [0.1, 0.15) is 11.5 Å². The minimum Gasteiger partial charge on any atom is -0.497 e. The van der Waals surface area contributed by atoms with Crippen molar-refractivity contribution in [2.75, 3.05) is 7.11 Å². The number of hydrogen-bond acceptors (Lipinski definition) is 6. The maximum atomic E-state index is 12.4. The van der Waals surface area contributed by atoms with Gasteiger partial charge in [-0.15, -0.1) is 10.2 Å². The first-order valence-electron chi connectivity index (χ1n) is 7.52. The normalized spacial score (nSPS) is 11.4. The second-order valence-corrected chi connectivity index (χ2v) is 7.05. The molecule has 0 bridgehead atoms. The number of aromatic nitrogens is 2. The van der Waals surface area contributed by atoms with Crippen LogP contribution >= 0.6 is 0 Å². The van der Waals surface area contributed by atoms with Crippen molar-refractivity contribution in [2.45, 2.75) is 18.4 Å². The molecule has 7 nitrogen and oxygen atoms in total. The molecule has 0 saturated carbocycles. The summed E-state index contributed by atoms with van der Waals surface area (Å²) >= 11 is 0. The molecule has 130 valence electrons. The van der Waals surface area contributed by atoms with Crippen LogP contribution in [0.3, 0.4) is 0 Å². The van der Waals surface area contributed by atoms with Gasteiger partial charge in [0, 0.05) is 5.56 Å². The average molecular weight is 359 g/mol. The Hall–Kier alpha value is -2.71. The summed E-state index contributed by atoms with van der Waals surface area (Å²) in [5.41, 5.74) is 1.39. The Kier molecular flexibility index (Phi) is 4.82. The van der Waals surface area contributed by atoms with E-state index in [1.54, 1.807) is 62.6 Å². The van der Waals surface area contributed by atoms with Crippen molar-refractivity contribution in [2.24, 2.45) is 0 Å². The zero-order valence-electron chi connectivity index (χ0n) is 13.8. The van der Waals surface area contributed by atoms with Crippen LogP contribution in [0, 0.1) is 6.92 Å². The second kappa shape index (κ2) is 7.04. The number of ether oxygens (including phenoxy) is 1. The fourth-order valence-corrected chi connectivity index (χ4v) is 3.49. The lowest BCUT2D eigenvalue weighted by molar-refractivity contribution is 0.415. The van der Waals surface area contributed by atoms with E-state index in [0.717, 1.165) is 11.3 Å². The highest BCUT2D eigenvalue weighted by molar-refractivity contribution is 7.89. The third-order valence-corrected chi connectivity index (χ3v) is 5.16. The van der Waals surface area contributed by atoms with Gasteiger partial charge in [0.25, 0.3) is 0 Å². The molecule has 1 heterocycles. The van der Waals surface area contributed by atoms with Crippen molar-refractivity contribution < 1.29 is 17.6 Å². The smallest absolute Gasteiger partial charge is 0.247 e. The van der Waals surface area contributed by atoms with Crippen LogP contribution in [0.4, 0.5) is 0 Å². The second-order valence-electron chi connectivity index (χ2n) is 5.32. The maximum Gasteiger partial charge on any atom is 0.247 e. The fraction of sp³-hybridized carbons (Fsp3) is 0.176. The van der Waals surface area contributed by atoms with Gasteiger partial charge in [-0.25, -0.2) is 13.1 Å². The molecule has 3 aromatic rings. The number of nitrogens with zero attached hydrogens (tertiary/aromatic N) is 2. The molecule has 1 aromatic heterocycles. The highest BCUT2D eigenvalue weighted by Gasteiger charge is 2.17. The van der Waals surface area contributed by atoms with Gasteiger partial charge < -0.3 is 9.15 Å². The van der Waals surface area contributed by atoms with Crippen molar-refractivity contribution in [3.05, 3.63) is 60.0 Å². The van der Waals surface area contributed by atoms with E-state index in [1.807, 2.05) is 0 Å². The molecular weight excluding hydrogens is 342 g/mol. The lowest BCUT2D eigenvalue weighted by Gasteiger charge is -2.07. The number of rotatable bonds is 6. The van der Waals surface area contributed by atoms with Gasteiger partial charge in [0.1, 0.15) is 5.75 Å². The van der Waals surface area contributed by atoms with Gasteiger partial charge in [-0.05, 0) is 42.8 Å². The third kappa shape index (κ3) is 3.86. The summed E-state index contributed by atoms with van der Waals surface area (Å²) in [5, 5.41) is 7.82. The molecular formula is C17H17N3O4S. The van der Waals surface area contributed by atoms with Crippen LogP contribution in [-0.2, 0) is 16.6 Å². The summed E-state index contributed by atoms with van der Waals surface area (Å²) in [6.07, 6.45) is 0. The van der Waals surface area contributed by atoms with Gasteiger partial charge in [-0.3, -0.25) is 0 Å². The summed E-state index contributed by atoms with van der Waals surface area (Å²) < 4.78 is 37.8. The van der Waals surface area contributed by atoms with Gasteiger partial charge in [-0.2, -0.15) is 0 Å². The van der Waals surface area contributed by atoms with Crippen molar-refractivity contribution in [1.29, 1.82) is 0 Å². The van der Waals surface area contributed by atoms with Crippen LogP contribution in [0.2, 0.25) is 0 Å². The Morgan fingerprint density at radius 3 is 2.48 bits per heavy atom. The Balaban J connectivity index is 1.72. The van der Waals surface area contributed by atoms with Crippen molar-refractivity contribution in [3.8, 4) is 17.2 Å².